The Morgan fingerprint density at radius 3 is 2.59 bits per heavy atom. The van der Waals surface area contributed by atoms with Crippen LogP contribution in [-0.4, -0.2) is 64.9 Å². The Bertz CT molecular complexity index is 986. The number of rotatable bonds is 6. The topological polar surface area (TPSA) is 65.5 Å². The Kier molecular flexibility index (Phi) is 7.93. The summed E-state index contributed by atoms with van der Waals surface area (Å²) in [6.07, 6.45) is 5.94. The first-order valence-electron chi connectivity index (χ1n) is 12.4. The summed E-state index contributed by atoms with van der Waals surface area (Å²) in [6, 6.07) is 10.3. The zero-order valence-corrected chi connectivity index (χ0v) is 20.2. The lowest BCUT2D eigenvalue weighted by Crippen LogP contribution is -2.48. The van der Waals surface area contributed by atoms with Crippen LogP contribution in [0.2, 0.25) is 0 Å². The fourth-order valence-electron chi connectivity index (χ4n) is 5.05. The minimum atomic E-state index is -0.309. The molecule has 2 aromatic rings. The highest BCUT2D eigenvalue weighted by Gasteiger charge is 2.30. The number of halogens is 1. The molecule has 0 saturated carbocycles. The number of aromatic nitrogens is 1. The summed E-state index contributed by atoms with van der Waals surface area (Å²) in [4.78, 5) is 34.1. The minimum absolute atomic E-state index is 0.124. The maximum atomic E-state index is 13.5. The number of piperidine rings is 1. The predicted molar refractivity (Wildman–Crippen MR) is 131 cm³/mol. The number of nitrogens with zero attached hydrogens (tertiary/aromatic N) is 3. The molecule has 4 rings (SSSR count). The lowest BCUT2D eigenvalue weighted by Gasteiger charge is -2.37. The number of hydrogen-bond donors (Lipinski definition) is 1. The van der Waals surface area contributed by atoms with Crippen LogP contribution in [0.1, 0.15) is 56.3 Å². The summed E-state index contributed by atoms with van der Waals surface area (Å²) in [5.74, 6) is 0.347. The van der Waals surface area contributed by atoms with Crippen LogP contribution in [0.4, 0.5) is 4.39 Å². The zero-order valence-electron chi connectivity index (χ0n) is 20.2. The summed E-state index contributed by atoms with van der Waals surface area (Å²) in [5, 5.41) is 3.15. The second-order valence-electron chi connectivity index (χ2n) is 9.94. The van der Waals surface area contributed by atoms with Gasteiger partial charge in [0.2, 0.25) is 5.91 Å². The molecule has 1 atom stereocenters. The van der Waals surface area contributed by atoms with Crippen molar-refractivity contribution in [3.8, 4) is 11.3 Å². The van der Waals surface area contributed by atoms with E-state index in [0.29, 0.717) is 35.2 Å². The van der Waals surface area contributed by atoms with E-state index in [0.717, 1.165) is 51.9 Å². The molecule has 2 aliphatic rings. The van der Waals surface area contributed by atoms with Gasteiger partial charge < -0.3 is 15.1 Å². The van der Waals surface area contributed by atoms with Crippen LogP contribution in [-0.2, 0) is 4.79 Å². The van der Waals surface area contributed by atoms with Crippen molar-refractivity contribution in [3.63, 3.8) is 0 Å². The minimum Gasteiger partial charge on any atom is -0.349 e. The molecule has 7 heteroatoms. The molecule has 1 aromatic heterocycles. The highest BCUT2D eigenvalue weighted by atomic mass is 19.1. The maximum Gasteiger partial charge on any atom is 0.253 e. The first-order valence-corrected chi connectivity index (χ1v) is 12.4. The van der Waals surface area contributed by atoms with Crippen LogP contribution in [0.25, 0.3) is 11.3 Å². The van der Waals surface area contributed by atoms with Crippen LogP contribution in [0.15, 0.2) is 42.6 Å². The number of carbonyl (C=O) groups is 2. The van der Waals surface area contributed by atoms with E-state index >= 15 is 0 Å². The van der Waals surface area contributed by atoms with Gasteiger partial charge in [-0.2, -0.15) is 0 Å². The SMILES string of the molecule is CC(C)CN1CCC(N2CCC(NC(=O)c3ccc(-c4cccc(F)c4)nc3)CC2)CCC1=O. The van der Waals surface area contributed by atoms with Gasteiger partial charge in [0.15, 0.2) is 0 Å². The molecule has 0 radical (unpaired) electrons. The number of nitrogens with one attached hydrogen (secondary N) is 1. The molecule has 34 heavy (non-hydrogen) atoms. The van der Waals surface area contributed by atoms with Crippen LogP contribution < -0.4 is 5.32 Å². The molecule has 0 aliphatic carbocycles. The van der Waals surface area contributed by atoms with Gasteiger partial charge in [-0.1, -0.05) is 26.0 Å². The standard InChI is InChI=1S/C27H35FN4O2/c1-19(2)18-32-15-12-24(7-9-26(32)33)31-13-10-23(11-14-31)30-27(34)21-6-8-25(29-17-21)20-4-3-5-22(28)16-20/h3-6,8,16-17,19,23-24H,7,9-15,18H2,1-2H3,(H,30,34). The number of amides is 2. The van der Waals surface area contributed by atoms with Gasteiger partial charge in [0.05, 0.1) is 11.3 Å². The van der Waals surface area contributed by atoms with Crippen molar-refractivity contribution >= 4 is 11.8 Å². The molecular formula is C27H35FN4O2. The van der Waals surface area contributed by atoms with Gasteiger partial charge in [-0.05, 0) is 55.9 Å². The van der Waals surface area contributed by atoms with Gasteiger partial charge in [0.25, 0.3) is 5.91 Å². The smallest absolute Gasteiger partial charge is 0.253 e. The first kappa shape index (κ1) is 24.3. The van der Waals surface area contributed by atoms with Crippen molar-refractivity contribution in [2.75, 3.05) is 26.2 Å². The fraction of sp³-hybridized carbons (Fsp3) is 0.519. The van der Waals surface area contributed by atoms with Crippen molar-refractivity contribution in [3.05, 3.63) is 54.0 Å². The number of hydrogen-bond acceptors (Lipinski definition) is 4. The summed E-state index contributed by atoms with van der Waals surface area (Å²) >= 11 is 0. The average molecular weight is 467 g/mol. The third-order valence-corrected chi connectivity index (χ3v) is 6.89. The first-order chi connectivity index (χ1) is 16.4. The fourth-order valence-corrected chi connectivity index (χ4v) is 5.05. The lowest BCUT2D eigenvalue weighted by molar-refractivity contribution is -0.131. The molecule has 1 N–H and O–H groups in total. The largest absolute Gasteiger partial charge is 0.349 e. The number of likely N-dealkylation sites (tertiary alicyclic amines) is 2. The molecule has 0 spiro atoms. The summed E-state index contributed by atoms with van der Waals surface area (Å²) < 4.78 is 13.5. The van der Waals surface area contributed by atoms with Crippen molar-refractivity contribution in [2.45, 2.75) is 58.0 Å². The molecule has 182 valence electrons. The monoisotopic (exact) mass is 466 g/mol. The molecule has 3 heterocycles. The summed E-state index contributed by atoms with van der Waals surface area (Å²) in [6.45, 7) is 7.87. The van der Waals surface area contributed by atoms with Gasteiger partial charge in [0, 0.05) is 56.4 Å². The van der Waals surface area contributed by atoms with Gasteiger partial charge in [-0.15, -0.1) is 0 Å². The number of benzene rings is 1. The summed E-state index contributed by atoms with van der Waals surface area (Å²) in [7, 11) is 0. The predicted octanol–water partition coefficient (Wildman–Crippen LogP) is 4.12. The van der Waals surface area contributed by atoms with E-state index in [2.05, 4.69) is 29.0 Å². The molecule has 2 fully saturated rings. The third kappa shape index (κ3) is 6.20. The maximum absolute atomic E-state index is 13.5. The van der Waals surface area contributed by atoms with Crippen molar-refractivity contribution in [2.24, 2.45) is 5.92 Å². The molecule has 0 bridgehead atoms. The normalized spacial score (nSPS) is 20.4. The molecule has 2 amide bonds. The van der Waals surface area contributed by atoms with E-state index in [9.17, 15) is 14.0 Å². The Labute approximate surface area is 201 Å². The second-order valence-corrected chi connectivity index (χ2v) is 9.94. The quantitative estimate of drug-likeness (QED) is 0.696. The molecule has 2 aliphatic heterocycles. The van der Waals surface area contributed by atoms with Gasteiger partial charge in [-0.3, -0.25) is 14.6 Å². The van der Waals surface area contributed by atoms with E-state index in [-0.39, 0.29) is 23.7 Å². The number of carbonyl (C=O) groups excluding carboxylic acids is 2. The summed E-state index contributed by atoms with van der Waals surface area (Å²) in [5.41, 5.74) is 1.83. The Morgan fingerprint density at radius 1 is 1.12 bits per heavy atom. The van der Waals surface area contributed by atoms with Crippen LogP contribution in [0, 0.1) is 11.7 Å². The second kappa shape index (κ2) is 11.1. The van der Waals surface area contributed by atoms with Gasteiger partial charge in [0.1, 0.15) is 5.82 Å². The van der Waals surface area contributed by atoms with Gasteiger partial charge >= 0.3 is 0 Å². The van der Waals surface area contributed by atoms with Crippen molar-refractivity contribution < 1.29 is 14.0 Å². The molecular weight excluding hydrogens is 431 g/mol. The average Bonchev–Trinajstić information content (AvgIpc) is 3.01. The van der Waals surface area contributed by atoms with Crippen molar-refractivity contribution in [1.82, 2.24) is 20.1 Å². The van der Waals surface area contributed by atoms with E-state index < -0.39 is 0 Å². The lowest BCUT2D eigenvalue weighted by atomic mass is 9.99. The Balaban J connectivity index is 1.26. The van der Waals surface area contributed by atoms with Crippen LogP contribution in [0.3, 0.4) is 0 Å². The van der Waals surface area contributed by atoms with Gasteiger partial charge in [-0.25, -0.2) is 4.39 Å². The zero-order chi connectivity index (χ0) is 24.1. The highest BCUT2D eigenvalue weighted by molar-refractivity contribution is 5.94. The van der Waals surface area contributed by atoms with E-state index in [1.165, 1.54) is 12.1 Å². The Hall–Kier alpha value is -2.80. The van der Waals surface area contributed by atoms with E-state index in [1.807, 2.05) is 4.90 Å². The van der Waals surface area contributed by atoms with E-state index in [1.54, 1.807) is 30.5 Å². The molecule has 1 unspecified atom stereocenters. The molecule has 2 saturated heterocycles. The molecule has 6 nitrogen and oxygen atoms in total. The highest BCUT2D eigenvalue weighted by Crippen LogP contribution is 2.23. The van der Waals surface area contributed by atoms with Crippen LogP contribution in [0.5, 0.6) is 0 Å². The molecule has 1 aromatic carbocycles. The third-order valence-electron chi connectivity index (χ3n) is 6.89. The van der Waals surface area contributed by atoms with E-state index in [4.69, 9.17) is 0 Å². The number of pyridine rings is 1. The van der Waals surface area contributed by atoms with Crippen LogP contribution >= 0.6 is 0 Å². The van der Waals surface area contributed by atoms with Crippen molar-refractivity contribution in [1.29, 1.82) is 0 Å². The Morgan fingerprint density at radius 2 is 1.91 bits per heavy atom.